The van der Waals surface area contributed by atoms with Gasteiger partial charge in [-0.25, -0.2) is 0 Å². The molecule has 0 bridgehead atoms. The number of nitro benzene ring substituents is 1. The lowest BCUT2D eigenvalue weighted by molar-refractivity contribution is -0.384. The van der Waals surface area contributed by atoms with E-state index in [2.05, 4.69) is 5.43 Å². The van der Waals surface area contributed by atoms with Gasteiger partial charge in [0.15, 0.2) is 30.7 Å². The highest BCUT2D eigenvalue weighted by atomic mass is 16.6. The van der Waals surface area contributed by atoms with Crippen LogP contribution in [0.2, 0.25) is 0 Å². The van der Waals surface area contributed by atoms with Crippen molar-refractivity contribution in [3.05, 3.63) is 34.4 Å². The predicted molar refractivity (Wildman–Crippen MR) is 126 cm³/mol. The van der Waals surface area contributed by atoms with Crippen molar-refractivity contribution in [3.63, 3.8) is 0 Å². The van der Waals surface area contributed by atoms with E-state index >= 15 is 0 Å². The maximum Gasteiger partial charge on any atom is 0.303 e. The molecule has 0 saturated heterocycles. The third-order valence-corrected chi connectivity index (χ3v) is 4.07. The fraction of sp³-hybridized carbons (Fsp3) is 0.455. The molecule has 0 amide bonds. The van der Waals surface area contributed by atoms with Crippen molar-refractivity contribution in [2.45, 2.75) is 59.0 Å². The number of hydrazine groups is 1. The van der Waals surface area contributed by atoms with Gasteiger partial charge in [-0.05, 0) is 12.1 Å². The highest BCUT2D eigenvalue weighted by Crippen LogP contribution is 2.19. The number of hydrogen-bond donors (Lipinski definition) is 2. The Labute approximate surface area is 216 Å². The number of anilines is 1. The number of non-ortho nitro benzene ring substituents is 1. The number of aldehydes is 1. The molecule has 0 aliphatic heterocycles. The SMILES string of the molecule is CC(=O)OC[C@@H](OC(C)=O)[C@H](OC(C)=O)[C@H](OC(C)=O)[C@H](C=O)OC(C)=O.NNc1ccc([N+](=O)[O-])cc1. The Kier molecular flexibility index (Phi) is 14.9. The molecule has 0 fully saturated rings. The topological polar surface area (TPSA) is 230 Å². The van der Waals surface area contributed by atoms with E-state index in [9.17, 15) is 38.9 Å². The summed E-state index contributed by atoms with van der Waals surface area (Å²) in [4.78, 5) is 77.7. The van der Waals surface area contributed by atoms with E-state index in [0.29, 0.717) is 5.69 Å². The molecule has 3 N–H and O–H groups in total. The van der Waals surface area contributed by atoms with E-state index in [0.717, 1.165) is 34.6 Å². The fourth-order valence-electron chi connectivity index (χ4n) is 2.71. The van der Waals surface area contributed by atoms with Gasteiger partial charge in [0.05, 0.1) is 4.92 Å². The summed E-state index contributed by atoms with van der Waals surface area (Å²) in [6.07, 6.45) is -6.23. The molecule has 16 nitrogen and oxygen atoms in total. The average Bonchev–Trinajstić information content (AvgIpc) is 2.82. The maximum atomic E-state index is 11.5. The summed E-state index contributed by atoms with van der Waals surface area (Å²) in [5.74, 6) is 0.830. The van der Waals surface area contributed by atoms with Crippen molar-refractivity contribution < 1.29 is 57.4 Å². The van der Waals surface area contributed by atoms with Crippen LogP contribution in [0.4, 0.5) is 11.4 Å². The lowest BCUT2D eigenvalue weighted by atomic mass is 10.0. The number of nitrogen functional groups attached to an aromatic ring is 1. The van der Waals surface area contributed by atoms with Gasteiger partial charge in [0.2, 0.25) is 0 Å². The second-order valence-corrected chi connectivity index (χ2v) is 7.26. The Morgan fingerprint density at radius 2 is 1.32 bits per heavy atom. The van der Waals surface area contributed by atoms with Gasteiger partial charge in [-0.15, -0.1) is 0 Å². The minimum atomic E-state index is -1.67. The lowest BCUT2D eigenvalue weighted by Crippen LogP contribution is -2.53. The zero-order valence-corrected chi connectivity index (χ0v) is 21.2. The number of nitro groups is 1. The van der Waals surface area contributed by atoms with Crippen LogP contribution in [-0.4, -0.2) is 72.1 Å². The van der Waals surface area contributed by atoms with Crippen LogP contribution in [-0.2, 0) is 52.5 Å². The molecule has 1 rings (SSSR count). The van der Waals surface area contributed by atoms with E-state index in [1.54, 1.807) is 0 Å². The molecular weight excluding hydrogens is 514 g/mol. The Morgan fingerprint density at radius 3 is 1.68 bits per heavy atom. The quantitative estimate of drug-likeness (QED) is 0.0904. The molecule has 1 aromatic carbocycles. The highest BCUT2D eigenvalue weighted by Gasteiger charge is 2.43. The first-order valence-corrected chi connectivity index (χ1v) is 10.7. The van der Waals surface area contributed by atoms with Crippen LogP contribution in [0.3, 0.4) is 0 Å². The van der Waals surface area contributed by atoms with E-state index in [1.807, 2.05) is 0 Å². The number of nitrogens with two attached hydrogens (primary N) is 1. The third kappa shape index (κ3) is 13.5. The first-order valence-electron chi connectivity index (χ1n) is 10.7. The van der Waals surface area contributed by atoms with E-state index in [1.165, 1.54) is 24.3 Å². The van der Waals surface area contributed by atoms with Crippen molar-refractivity contribution in [1.82, 2.24) is 0 Å². The van der Waals surface area contributed by atoms with Gasteiger partial charge >= 0.3 is 29.8 Å². The summed E-state index contributed by atoms with van der Waals surface area (Å²) < 4.78 is 24.6. The number of esters is 5. The second-order valence-electron chi connectivity index (χ2n) is 7.26. The van der Waals surface area contributed by atoms with Gasteiger partial charge in [0.1, 0.15) is 6.61 Å². The zero-order chi connectivity index (χ0) is 29.4. The van der Waals surface area contributed by atoms with E-state index < -0.39 is 65.8 Å². The minimum absolute atomic E-state index is 0.0593. The van der Waals surface area contributed by atoms with Crippen LogP contribution in [0.1, 0.15) is 34.6 Å². The van der Waals surface area contributed by atoms with Crippen molar-refractivity contribution >= 4 is 47.5 Å². The van der Waals surface area contributed by atoms with Gasteiger partial charge < -0.3 is 29.1 Å². The molecule has 0 aliphatic carbocycles. The maximum absolute atomic E-state index is 11.5. The number of nitrogens with one attached hydrogen (secondary N) is 1. The summed E-state index contributed by atoms with van der Waals surface area (Å²) in [6.45, 7) is 4.56. The predicted octanol–water partition coefficient (Wildman–Crippen LogP) is 0.356. The number of nitrogens with zero attached hydrogens (tertiary/aromatic N) is 1. The molecule has 1 aromatic rings. The van der Waals surface area contributed by atoms with Crippen molar-refractivity contribution in [2.75, 3.05) is 12.0 Å². The van der Waals surface area contributed by atoms with Crippen LogP contribution in [0.5, 0.6) is 0 Å². The summed E-state index contributed by atoms with van der Waals surface area (Å²) in [5, 5.41) is 10.2. The fourth-order valence-corrected chi connectivity index (χ4v) is 2.71. The van der Waals surface area contributed by atoms with Crippen molar-refractivity contribution in [1.29, 1.82) is 0 Å². The molecule has 210 valence electrons. The molecule has 38 heavy (non-hydrogen) atoms. The van der Waals surface area contributed by atoms with Crippen molar-refractivity contribution in [3.8, 4) is 0 Å². The smallest absolute Gasteiger partial charge is 0.303 e. The summed E-state index contributed by atoms with van der Waals surface area (Å²) in [5.41, 5.74) is 3.08. The van der Waals surface area contributed by atoms with Gasteiger partial charge in [0.25, 0.3) is 5.69 Å². The first-order chi connectivity index (χ1) is 17.7. The van der Waals surface area contributed by atoms with Gasteiger partial charge in [-0.3, -0.25) is 44.7 Å². The normalized spacial score (nSPS) is 13.0. The number of ether oxygens (including phenoxy) is 5. The largest absolute Gasteiger partial charge is 0.462 e. The molecule has 0 heterocycles. The lowest BCUT2D eigenvalue weighted by Gasteiger charge is -2.33. The third-order valence-electron chi connectivity index (χ3n) is 4.07. The monoisotopic (exact) mass is 543 g/mol. The summed E-state index contributed by atoms with van der Waals surface area (Å²) in [7, 11) is 0. The second kappa shape index (κ2) is 17.0. The molecule has 0 saturated carbocycles. The molecule has 0 aromatic heterocycles. The molecule has 4 atom stereocenters. The molecular formula is C22H29N3O13. The number of hydrogen-bond acceptors (Lipinski definition) is 15. The molecule has 0 aliphatic rings. The highest BCUT2D eigenvalue weighted by molar-refractivity contribution is 5.72. The van der Waals surface area contributed by atoms with Crippen LogP contribution in [0.15, 0.2) is 24.3 Å². The number of rotatable bonds is 12. The van der Waals surface area contributed by atoms with Gasteiger partial charge in [0, 0.05) is 52.4 Å². The number of benzene rings is 1. The Morgan fingerprint density at radius 1 is 0.842 bits per heavy atom. The molecule has 16 heteroatoms. The number of carbonyl (C=O) groups is 6. The molecule has 0 unspecified atom stereocenters. The van der Waals surface area contributed by atoms with Crippen LogP contribution in [0.25, 0.3) is 0 Å². The molecule has 0 radical (unpaired) electrons. The summed E-state index contributed by atoms with van der Waals surface area (Å²) in [6, 6.07) is 5.85. The van der Waals surface area contributed by atoms with Gasteiger partial charge in [-0.2, -0.15) is 0 Å². The first kappa shape index (κ1) is 33.4. The zero-order valence-electron chi connectivity index (χ0n) is 21.2. The Hall–Kier alpha value is -4.60. The number of carbonyl (C=O) groups excluding carboxylic acids is 6. The minimum Gasteiger partial charge on any atom is -0.462 e. The van der Waals surface area contributed by atoms with Gasteiger partial charge in [-0.1, -0.05) is 0 Å². The van der Waals surface area contributed by atoms with Crippen molar-refractivity contribution in [2.24, 2.45) is 5.84 Å². The van der Waals surface area contributed by atoms with Crippen LogP contribution in [0, 0.1) is 10.1 Å². The van der Waals surface area contributed by atoms with Crippen LogP contribution < -0.4 is 11.3 Å². The standard InChI is InChI=1S/C16H22O11.C6H7N3O2/c1-8(18)23-7-14(25-10(3)20)16(27-12(5)22)15(26-11(4)21)13(6-17)24-9(2)19;7-8-5-1-3-6(4-2-5)9(10)11/h6,13-16H,7H2,1-5H3;1-4,8H,7H2/t13-,14+,15+,16-;/m0./s1. The van der Waals surface area contributed by atoms with Crippen LogP contribution >= 0.6 is 0 Å². The van der Waals surface area contributed by atoms with E-state index in [-0.39, 0.29) is 12.0 Å². The summed E-state index contributed by atoms with van der Waals surface area (Å²) >= 11 is 0. The Bertz CT molecular complexity index is 997. The van der Waals surface area contributed by atoms with E-state index in [4.69, 9.17) is 29.5 Å². The Balaban J connectivity index is 0.00000103. The average molecular weight is 543 g/mol. The molecule has 0 spiro atoms.